The Morgan fingerprint density at radius 3 is 2.77 bits per heavy atom. The van der Waals surface area contributed by atoms with Gasteiger partial charge in [-0.1, -0.05) is 0 Å². The maximum Gasteiger partial charge on any atom is 0.270 e. The summed E-state index contributed by atoms with van der Waals surface area (Å²) in [5, 5.41) is 14.5. The summed E-state index contributed by atoms with van der Waals surface area (Å²) in [6.07, 6.45) is 2.37. The quantitative estimate of drug-likeness (QED) is 0.492. The summed E-state index contributed by atoms with van der Waals surface area (Å²) in [7, 11) is 0. The first-order chi connectivity index (χ1) is 12.7. The number of carbonyl (C=O) groups is 1. The zero-order valence-corrected chi connectivity index (χ0v) is 14.4. The number of benzene rings is 1. The van der Waals surface area contributed by atoms with Gasteiger partial charge in [0.25, 0.3) is 11.6 Å². The number of amides is 1. The van der Waals surface area contributed by atoms with Crippen molar-refractivity contribution < 1.29 is 19.2 Å². The van der Waals surface area contributed by atoms with Crippen LogP contribution in [-0.4, -0.2) is 49.8 Å². The molecule has 1 amide bonds. The smallest absolute Gasteiger partial charge is 0.270 e. The Morgan fingerprint density at radius 1 is 1.19 bits per heavy atom. The molecular weight excluding hydrogens is 338 g/mol. The highest BCUT2D eigenvalue weighted by molar-refractivity contribution is 6.33. The lowest BCUT2D eigenvalue weighted by atomic mass is 10.0. The van der Waals surface area contributed by atoms with Crippen LogP contribution >= 0.6 is 0 Å². The lowest BCUT2D eigenvalue weighted by Crippen LogP contribution is -2.41. The molecule has 0 aromatic heterocycles. The highest BCUT2D eigenvalue weighted by Crippen LogP contribution is 2.42. The average molecular weight is 359 g/mol. The summed E-state index contributed by atoms with van der Waals surface area (Å²) in [5.74, 6) is -0.111. The van der Waals surface area contributed by atoms with Gasteiger partial charge in [-0.2, -0.15) is 0 Å². The SMILES string of the molecule is O=C1/C(=C2/COCCCN2)c2cc([N+](=O)[O-])ccc2N1C1CCOCC1. The first-order valence-corrected chi connectivity index (χ1v) is 8.91. The molecule has 1 aromatic carbocycles. The second-order valence-electron chi connectivity index (χ2n) is 6.66. The number of ether oxygens (including phenoxy) is 2. The molecule has 1 N–H and O–H groups in total. The van der Waals surface area contributed by atoms with Crippen molar-refractivity contribution >= 4 is 22.9 Å². The van der Waals surface area contributed by atoms with Gasteiger partial charge in [-0.05, 0) is 25.3 Å². The van der Waals surface area contributed by atoms with Crippen molar-refractivity contribution in [3.05, 3.63) is 39.6 Å². The molecule has 1 aromatic rings. The number of anilines is 1. The van der Waals surface area contributed by atoms with Crippen molar-refractivity contribution in [2.75, 3.05) is 37.9 Å². The average Bonchev–Trinajstić information content (AvgIpc) is 2.80. The van der Waals surface area contributed by atoms with Crippen LogP contribution in [0.1, 0.15) is 24.8 Å². The summed E-state index contributed by atoms with van der Waals surface area (Å²) >= 11 is 0. The van der Waals surface area contributed by atoms with Crippen LogP contribution in [0.5, 0.6) is 0 Å². The zero-order valence-electron chi connectivity index (χ0n) is 14.4. The lowest BCUT2D eigenvalue weighted by molar-refractivity contribution is -0.384. The number of rotatable bonds is 2. The summed E-state index contributed by atoms with van der Waals surface area (Å²) in [6.45, 7) is 2.88. The van der Waals surface area contributed by atoms with Gasteiger partial charge in [0, 0.05) is 50.1 Å². The summed E-state index contributed by atoms with van der Waals surface area (Å²) in [5.41, 5.74) is 2.55. The number of non-ortho nitro benzene ring substituents is 1. The maximum atomic E-state index is 13.3. The van der Waals surface area contributed by atoms with E-state index >= 15 is 0 Å². The molecular formula is C18H21N3O5. The molecule has 0 spiro atoms. The van der Waals surface area contributed by atoms with Gasteiger partial charge in [0.1, 0.15) is 0 Å². The second-order valence-corrected chi connectivity index (χ2v) is 6.66. The minimum Gasteiger partial charge on any atom is -0.386 e. The van der Waals surface area contributed by atoms with E-state index in [0.29, 0.717) is 49.8 Å². The summed E-state index contributed by atoms with van der Waals surface area (Å²) < 4.78 is 11.0. The highest BCUT2D eigenvalue weighted by Gasteiger charge is 2.40. The fourth-order valence-electron chi connectivity index (χ4n) is 3.79. The van der Waals surface area contributed by atoms with Crippen molar-refractivity contribution in [3.63, 3.8) is 0 Å². The van der Waals surface area contributed by atoms with E-state index in [-0.39, 0.29) is 17.6 Å². The van der Waals surface area contributed by atoms with Crippen LogP contribution < -0.4 is 10.2 Å². The minimum atomic E-state index is -0.429. The van der Waals surface area contributed by atoms with Crippen molar-refractivity contribution in [1.29, 1.82) is 0 Å². The molecule has 0 atom stereocenters. The van der Waals surface area contributed by atoms with E-state index < -0.39 is 4.92 Å². The monoisotopic (exact) mass is 359 g/mol. The van der Waals surface area contributed by atoms with Gasteiger partial charge in [-0.3, -0.25) is 14.9 Å². The molecule has 8 heteroatoms. The first-order valence-electron chi connectivity index (χ1n) is 8.91. The molecule has 3 aliphatic rings. The third-order valence-corrected chi connectivity index (χ3v) is 5.06. The van der Waals surface area contributed by atoms with Gasteiger partial charge >= 0.3 is 0 Å². The Balaban J connectivity index is 1.82. The standard InChI is InChI=1S/C18H21N3O5/c22-18-17(15-11-26-7-1-6-19-15)14-10-13(21(23)24)2-3-16(14)20(18)12-4-8-25-9-5-12/h2-3,10,12,19H,1,4-9,11H2/b17-15-. The van der Waals surface area contributed by atoms with Crippen LogP contribution in [0.3, 0.4) is 0 Å². The van der Waals surface area contributed by atoms with Gasteiger partial charge < -0.3 is 19.7 Å². The number of carbonyl (C=O) groups excluding carboxylic acids is 1. The fraction of sp³-hybridized carbons (Fsp3) is 0.500. The van der Waals surface area contributed by atoms with Crippen LogP contribution in [0, 0.1) is 10.1 Å². The van der Waals surface area contributed by atoms with E-state index in [1.807, 2.05) is 0 Å². The maximum absolute atomic E-state index is 13.3. The Kier molecular flexibility index (Phi) is 4.60. The Hall–Kier alpha value is -2.45. The van der Waals surface area contributed by atoms with Gasteiger partial charge in [-0.15, -0.1) is 0 Å². The van der Waals surface area contributed by atoms with E-state index in [1.54, 1.807) is 11.0 Å². The van der Waals surface area contributed by atoms with Crippen LogP contribution in [-0.2, 0) is 14.3 Å². The van der Waals surface area contributed by atoms with E-state index in [0.717, 1.165) is 24.9 Å². The minimum absolute atomic E-state index is 0.0157. The highest BCUT2D eigenvalue weighted by atomic mass is 16.6. The molecule has 2 saturated heterocycles. The normalized spacial score (nSPS) is 24.2. The summed E-state index contributed by atoms with van der Waals surface area (Å²) in [4.78, 5) is 25.9. The predicted octanol–water partition coefficient (Wildman–Crippen LogP) is 1.84. The molecule has 4 rings (SSSR count). The number of hydrogen-bond acceptors (Lipinski definition) is 6. The molecule has 3 heterocycles. The molecule has 0 bridgehead atoms. The van der Waals surface area contributed by atoms with E-state index in [4.69, 9.17) is 9.47 Å². The molecule has 0 aliphatic carbocycles. The molecule has 0 saturated carbocycles. The largest absolute Gasteiger partial charge is 0.386 e. The van der Waals surface area contributed by atoms with Gasteiger partial charge in [-0.25, -0.2) is 0 Å². The Bertz CT molecular complexity index is 760. The van der Waals surface area contributed by atoms with Gasteiger partial charge in [0.15, 0.2) is 0 Å². The number of hydrogen-bond donors (Lipinski definition) is 1. The molecule has 8 nitrogen and oxygen atoms in total. The molecule has 0 unspecified atom stereocenters. The van der Waals surface area contributed by atoms with Crippen LogP contribution in [0.2, 0.25) is 0 Å². The Labute approximate surface area is 150 Å². The number of nitro benzene ring substituents is 1. The third kappa shape index (κ3) is 2.95. The molecule has 0 radical (unpaired) electrons. The molecule has 26 heavy (non-hydrogen) atoms. The molecule has 3 aliphatic heterocycles. The number of nitrogens with one attached hydrogen (secondary N) is 1. The topological polar surface area (TPSA) is 93.9 Å². The zero-order chi connectivity index (χ0) is 18.1. The number of fused-ring (bicyclic) bond motifs is 1. The molecule has 2 fully saturated rings. The van der Waals surface area contributed by atoms with Crippen molar-refractivity contribution in [2.24, 2.45) is 0 Å². The van der Waals surface area contributed by atoms with Crippen LogP contribution in [0.4, 0.5) is 11.4 Å². The first kappa shape index (κ1) is 17.0. The predicted molar refractivity (Wildman–Crippen MR) is 94.8 cm³/mol. The number of nitrogens with zero attached hydrogens (tertiary/aromatic N) is 2. The summed E-state index contributed by atoms with van der Waals surface area (Å²) in [6, 6.07) is 4.69. The van der Waals surface area contributed by atoms with Crippen molar-refractivity contribution in [3.8, 4) is 0 Å². The third-order valence-electron chi connectivity index (χ3n) is 5.06. The van der Waals surface area contributed by atoms with Crippen LogP contribution in [0.25, 0.3) is 5.57 Å². The fourth-order valence-corrected chi connectivity index (χ4v) is 3.79. The van der Waals surface area contributed by atoms with E-state index in [2.05, 4.69) is 5.32 Å². The molecule has 138 valence electrons. The van der Waals surface area contributed by atoms with E-state index in [1.165, 1.54) is 12.1 Å². The van der Waals surface area contributed by atoms with Crippen LogP contribution in [0.15, 0.2) is 23.9 Å². The van der Waals surface area contributed by atoms with Crippen molar-refractivity contribution in [1.82, 2.24) is 5.32 Å². The van der Waals surface area contributed by atoms with Gasteiger partial charge in [0.2, 0.25) is 0 Å². The van der Waals surface area contributed by atoms with E-state index in [9.17, 15) is 14.9 Å². The van der Waals surface area contributed by atoms with Crippen molar-refractivity contribution in [2.45, 2.75) is 25.3 Å². The van der Waals surface area contributed by atoms with Gasteiger partial charge in [0.05, 0.1) is 28.5 Å². The second kappa shape index (κ2) is 7.05. The lowest BCUT2D eigenvalue weighted by Gasteiger charge is -2.31. The number of nitro groups is 1. The Morgan fingerprint density at radius 2 is 2.00 bits per heavy atom.